The molecule has 164 valence electrons. The maximum absolute atomic E-state index is 12.2. The molecule has 1 atom stereocenters. The third-order valence-corrected chi connectivity index (χ3v) is 4.12. The molecular weight excluding hydrogens is 397 g/mol. The summed E-state index contributed by atoms with van der Waals surface area (Å²) in [6, 6.07) is 13.2. The average molecular weight is 424 g/mol. The van der Waals surface area contributed by atoms with Crippen molar-refractivity contribution in [3.63, 3.8) is 0 Å². The largest absolute Gasteiger partial charge is 0.468 e. The number of ether oxygens (including phenoxy) is 2. The van der Waals surface area contributed by atoms with Crippen molar-refractivity contribution in [2.75, 3.05) is 26.8 Å². The number of rotatable bonds is 10. The molecule has 9 heteroatoms. The predicted molar refractivity (Wildman–Crippen MR) is 109 cm³/mol. The first-order valence-electron chi connectivity index (χ1n) is 9.63. The van der Waals surface area contributed by atoms with Crippen molar-refractivity contribution < 1.29 is 22.6 Å². The number of pyridine rings is 1. The van der Waals surface area contributed by atoms with Crippen molar-refractivity contribution in [1.82, 2.24) is 15.6 Å². The molecule has 0 fully saturated rings. The van der Waals surface area contributed by atoms with E-state index < -0.39 is 12.8 Å². The van der Waals surface area contributed by atoms with Gasteiger partial charge in [-0.25, -0.2) is 4.98 Å². The number of hydrogen-bond donors (Lipinski definition) is 2. The van der Waals surface area contributed by atoms with Crippen molar-refractivity contribution >= 4 is 5.96 Å². The molecule has 0 saturated heterocycles. The maximum atomic E-state index is 12.2. The molecule has 0 aliphatic heterocycles. The topological polar surface area (TPSA) is 67.8 Å². The number of aliphatic imine (C=N–C) groups is 1. The summed E-state index contributed by atoms with van der Waals surface area (Å²) < 4.78 is 47.2. The average Bonchev–Trinajstić information content (AvgIpc) is 2.74. The fourth-order valence-electron chi connectivity index (χ4n) is 2.56. The summed E-state index contributed by atoms with van der Waals surface area (Å²) in [5.41, 5.74) is 1.86. The van der Waals surface area contributed by atoms with Gasteiger partial charge in [-0.15, -0.1) is 0 Å². The third kappa shape index (κ3) is 9.13. The van der Waals surface area contributed by atoms with Crippen LogP contribution in [0.5, 0.6) is 5.88 Å². The number of hydrogen-bond acceptors (Lipinski definition) is 4. The number of nitrogens with zero attached hydrogens (tertiary/aromatic N) is 2. The van der Waals surface area contributed by atoms with Crippen LogP contribution < -0.4 is 15.4 Å². The van der Waals surface area contributed by atoms with E-state index in [4.69, 9.17) is 4.74 Å². The highest BCUT2D eigenvalue weighted by Crippen LogP contribution is 2.18. The molecule has 0 spiro atoms. The Kier molecular flexibility index (Phi) is 9.40. The van der Waals surface area contributed by atoms with Gasteiger partial charge in [0.2, 0.25) is 5.88 Å². The molecule has 1 aromatic heterocycles. The number of guanidine groups is 1. The van der Waals surface area contributed by atoms with Gasteiger partial charge in [0.15, 0.2) is 12.6 Å². The first kappa shape index (κ1) is 23.5. The predicted octanol–water partition coefficient (Wildman–Crippen LogP) is 3.86. The zero-order chi connectivity index (χ0) is 21.8. The number of benzene rings is 1. The number of aromatic nitrogens is 1. The summed E-state index contributed by atoms with van der Waals surface area (Å²) in [6.45, 7) is 2.28. The first-order valence-corrected chi connectivity index (χ1v) is 9.63. The summed E-state index contributed by atoms with van der Waals surface area (Å²) in [5, 5.41) is 6.28. The SMILES string of the molecule is CN=C(NCCCOC(C)c1ccccc1)NCc1ccnc(OCC(F)(F)F)c1. The highest BCUT2D eigenvalue weighted by molar-refractivity contribution is 5.79. The van der Waals surface area contributed by atoms with Crippen LogP contribution in [0.3, 0.4) is 0 Å². The van der Waals surface area contributed by atoms with Crippen LogP contribution in [0.2, 0.25) is 0 Å². The van der Waals surface area contributed by atoms with Gasteiger partial charge in [-0.3, -0.25) is 4.99 Å². The van der Waals surface area contributed by atoms with E-state index in [0.29, 0.717) is 25.7 Å². The van der Waals surface area contributed by atoms with Crippen LogP contribution in [0.25, 0.3) is 0 Å². The lowest BCUT2D eigenvalue weighted by Crippen LogP contribution is -2.37. The molecule has 0 aliphatic carbocycles. The van der Waals surface area contributed by atoms with Crippen molar-refractivity contribution in [1.29, 1.82) is 0 Å². The second kappa shape index (κ2) is 12.0. The van der Waals surface area contributed by atoms with E-state index in [1.54, 1.807) is 13.1 Å². The first-order chi connectivity index (χ1) is 14.4. The number of halogens is 3. The Labute approximate surface area is 174 Å². The summed E-state index contributed by atoms with van der Waals surface area (Å²) >= 11 is 0. The van der Waals surface area contributed by atoms with Crippen LogP contribution in [0.15, 0.2) is 53.7 Å². The Morgan fingerprint density at radius 2 is 1.93 bits per heavy atom. The van der Waals surface area contributed by atoms with Crippen LogP contribution in [0, 0.1) is 0 Å². The molecule has 2 rings (SSSR count). The quantitative estimate of drug-likeness (QED) is 0.345. The van der Waals surface area contributed by atoms with E-state index in [-0.39, 0.29) is 12.0 Å². The zero-order valence-electron chi connectivity index (χ0n) is 17.1. The zero-order valence-corrected chi connectivity index (χ0v) is 17.1. The highest BCUT2D eigenvalue weighted by Gasteiger charge is 2.28. The highest BCUT2D eigenvalue weighted by atomic mass is 19.4. The Morgan fingerprint density at radius 1 is 1.17 bits per heavy atom. The van der Waals surface area contributed by atoms with Gasteiger partial charge in [0, 0.05) is 39.0 Å². The van der Waals surface area contributed by atoms with Gasteiger partial charge in [-0.2, -0.15) is 13.2 Å². The minimum atomic E-state index is -4.40. The molecule has 6 nitrogen and oxygen atoms in total. The van der Waals surface area contributed by atoms with Gasteiger partial charge in [-0.05, 0) is 30.5 Å². The lowest BCUT2D eigenvalue weighted by molar-refractivity contribution is -0.154. The van der Waals surface area contributed by atoms with Gasteiger partial charge < -0.3 is 20.1 Å². The molecule has 0 amide bonds. The molecule has 0 saturated carbocycles. The normalized spacial score (nSPS) is 13.0. The molecule has 2 N–H and O–H groups in total. The van der Waals surface area contributed by atoms with Crippen molar-refractivity contribution in [2.45, 2.75) is 32.2 Å². The molecule has 2 aromatic rings. The Hall–Kier alpha value is -2.81. The second-order valence-corrected chi connectivity index (χ2v) is 6.54. The van der Waals surface area contributed by atoms with E-state index in [2.05, 4.69) is 25.3 Å². The van der Waals surface area contributed by atoms with Crippen molar-refractivity contribution in [3.05, 3.63) is 59.8 Å². The summed E-state index contributed by atoms with van der Waals surface area (Å²) in [5.74, 6) is 0.514. The number of nitrogens with one attached hydrogen (secondary N) is 2. The monoisotopic (exact) mass is 424 g/mol. The van der Waals surface area contributed by atoms with E-state index in [1.165, 1.54) is 12.3 Å². The maximum Gasteiger partial charge on any atom is 0.422 e. The van der Waals surface area contributed by atoms with Crippen LogP contribution in [-0.4, -0.2) is 43.9 Å². The molecule has 0 aliphatic rings. The van der Waals surface area contributed by atoms with Gasteiger partial charge in [0.05, 0.1) is 6.10 Å². The fourth-order valence-corrected chi connectivity index (χ4v) is 2.56. The van der Waals surface area contributed by atoms with Gasteiger partial charge in [0.1, 0.15) is 0 Å². The van der Waals surface area contributed by atoms with Crippen LogP contribution in [0.4, 0.5) is 13.2 Å². The fraction of sp³-hybridized carbons (Fsp3) is 0.429. The van der Waals surface area contributed by atoms with Crippen LogP contribution >= 0.6 is 0 Å². The minimum Gasteiger partial charge on any atom is -0.468 e. The van der Waals surface area contributed by atoms with Gasteiger partial charge in [-0.1, -0.05) is 30.3 Å². The molecule has 30 heavy (non-hydrogen) atoms. The van der Waals surface area contributed by atoms with Crippen molar-refractivity contribution in [2.24, 2.45) is 4.99 Å². The Balaban J connectivity index is 1.67. The lowest BCUT2D eigenvalue weighted by Gasteiger charge is -2.15. The van der Waals surface area contributed by atoms with E-state index >= 15 is 0 Å². The molecule has 0 radical (unpaired) electrons. The molecule has 1 aromatic carbocycles. The van der Waals surface area contributed by atoms with Crippen LogP contribution in [-0.2, 0) is 11.3 Å². The van der Waals surface area contributed by atoms with E-state index in [0.717, 1.165) is 17.5 Å². The number of alkyl halides is 3. The third-order valence-electron chi connectivity index (χ3n) is 4.12. The Morgan fingerprint density at radius 3 is 2.63 bits per heavy atom. The molecule has 0 bridgehead atoms. The smallest absolute Gasteiger partial charge is 0.422 e. The van der Waals surface area contributed by atoms with E-state index in [9.17, 15) is 13.2 Å². The molecule has 1 heterocycles. The summed E-state index contributed by atoms with van der Waals surface area (Å²) in [6.07, 6.45) is -2.17. The van der Waals surface area contributed by atoms with Gasteiger partial charge >= 0.3 is 6.18 Å². The van der Waals surface area contributed by atoms with E-state index in [1.807, 2.05) is 37.3 Å². The van der Waals surface area contributed by atoms with Crippen molar-refractivity contribution in [3.8, 4) is 5.88 Å². The second-order valence-electron chi connectivity index (χ2n) is 6.54. The lowest BCUT2D eigenvalue weighted by atomic mass is 10.1. The minimum absolute atomic E-state index is 0.0316. The van der Waals surface area contributed by atoms with Crippen LogP contribution in [0.1, 0.15) is 30.6 Å². The molecule has 1 unspecified atom stereocenters. The van der Waals surface area contributed by atoms with Gasteiger partial charge in [0.25, 0.3) is 0 Å². The standard InChI is InChI=1S/C21H27F3N4O2/c1-16(18-7-4-3-5-8-18)29-12-6-10-27-20(25-2)28-14-17-9-11-26-19(13-17)30-15-21(22,23)24/h3-5,7-9,11,13,16H,6,10,12,14-15H2,1-2H3,(H2,25,27,28). The summed E-state index contributed by atoms with van der Waals surface area (Å²) in [7, 11) is 1.65. The Bertz CT molecular complexity index is 785. The molecular formula is C21H27F3N4O2. The summed E-state index contributed by atoms with van der Waals surface area (Å²) in [4.78, 5) is 7.92.